The van der Waals surface area contributed by atoms with E-state index in [1.807, 2.05) is 0 Å². The molecule has 6 rings (SSSR count). The molecule has 0 unspecified atom stereocenters. The quantitative estimate of drug-likeness (QED) is 0.240. The van der Waals surface area contributed by atoms with Crippen LogP contribution in [0.2, 0.25) is 5.28 Å². The van der Waals surface area contributed by atoms with Crippen LogP contribution in [-0.4, -0.2) is 78.3 Å². The minimum Gasteiger partial charge on any atom is -0.491 e. The zero-order chi connectivity index (χ0) is 27.4. The molecule has 2 aliphatic heterocycles. The van der Waals surface area contributed by atoms with Gasteiger partial charge in [0.2, 0.25) is 11.0 Å². The molecule has 1 saturated carbocycles. The molecule has 4 N–H and O–H groups in total. The number of ether oxygens (including phenoxy) is 2. The van der Waals surface area contributed by atoms with Crippen LogP contribution in [0.5, 0.6) is 5.75 Å². The molecule has 3 fully saturated rings. The van der Waals surface area contributed by atoms with E-state index in [2.05, 4.69) is 20.0 Å². The number of aromatic nitrogens is 4. The molecule has 14 heteroatoms. The molecule has 2 saturated heterocycles. The summed E-state index contributed by atoms with van der Waals surface area (Å²) in [7, 11) is -4.23. The molecular formula is C25H31ClN5O7P. The summed E-state index contributed by atoms with van der Waals surface area (Å²) in [6.07, 6.45) is 5.06. The normalized spacial score (nSPS) is 26.7. The molecule has 210 valence electrons. The van der Waals surface area contributed by atoms with E-state index in [9.17, 15) is 24.6 Å². The summed E-state index contributed by atoms with van der Waals surface area (Å²) in [6, 6.07) is 6.35. The second-order valence-corrected chi connectivity index (χ2v) is 13.0. The van der Waals surface area contributed by atoms with Crippen molar-refractivity contribution in [3.05, 3.63) is 41.3 Å². The summed E-state index contributed by atoms with van der Waals surface area (Å²) < 4.78 is 24.0. The van der Waals surface area contributed by atoms with Gasteiger partial charge in [0.15, 0.2) is 5.65 Å². The topological polar surface area (TPSA) is 163 Å². The monoisotopic (exact) mass is 579 g/mol. The zero-order valence-electron chi connectivity index (χ0n) is 21.2. The van der Waals surface area contributed by atoms with E-state index >= 15 is 0 Å². The summed E-state index contributed by atoms with van der Waals surface area (Å²) >= 11 is 6.31. The number of benzene rings is 1. The van der Waals surface area contributed by atoms with Gasteiger partial charge >= 0.3 is 7.60 Å². The fourth-order valence-corrected chi connectivity index (χ4v) is 6.93. The fraction of sp³-hybridized carbons (Fsp3) is 0.560. The molecule has 1 spiro atoms. The van der Waals surface area contributed by atoms with E-state index in [1.54, 1.807) is 24.4 Å². The van der Waals surface area contributed by atoms with Gasteiger partial charge in [-0.2, -0.15) is 15.1 Å². The molecular weight excluding hydrogens is 549 g/mol. The Hall–Kier alpha value is -2.31. The second kappa shape index (κ2) is 9.95. The first kappa shape index (κ1) is 26.9. The Kier molecular flexibility index (Phi) is 6.86. The molecule has 3 aromatic rings. The summed E-state index contributed by atoms with van der Waals surface area (Å²) in [4.78, 5) is 29.4. The summed E-state index contributed by atoms with van der Waals surface area (Å²) in [5.74, 6) is 1.02. The van der Waals surface area contributed by atoms with Crippen molar-refractivity contribution in [2.24, 2.45) is 5.41 Å². The van der Waals surface area contributed by atoms with Crippen molar-refractivity contribution < 1.29 is 34.0 Å². The Morgan fingerprint density at radius 2 is 1.95 bits per heavy atom. The maximum Gasteiger partial charge on any atom is 0.329 e. The number of fused-ring (bicyclic) bond motifs is 1. The minimum absolute atomic E-state index is 0.0240. The van der Waals surface area contributed by atoms with Gasteiger partial charge in [-0.3, -0.25) is 4.57 Å². The van der Waals surface area contributed by atoms with Crippen LogP contribution in [0.4, 0.5) is 5.82 Å². The van der Waals surface area contributed by atoms with Gasteiger partial charge in [0.25, 0.3) is 0 Å². The summed E-state index contributed by atoms with van der Waals surface area (Å²) in [6.45, 7) is 1.41. The molecule has 3 atom stereocenters. The Bertz CT molecular complexity index is 1420. The number of aliphatic hydroxyl groups excluding tert-OH is 1. The van der Waals surface area contributed by atoms with Crippen LogP contribution in [0.3, 0.4) is 0 Å². The van der Waals surface area contributed by atoms with Crippen LogP contribution in [0, 0.1) is 5.41 Å². The molecule has 3 aliphatic rings. The highest BCUT2D eigenvalue weighted by atomic mass is 35.5. The SMILES string of the molecule is O=P(O)(O)Cc1cccc(OC[C@H]2OC[C@@](O)(n3ncc4c(N5CC6(CCCCC6)C5)nc(Cl)nc43)[C@@H]2O)c1. The predicted octanol–water partition coefficient (Wildman–Crippen LogP) is 2.41. The zero-order valence-corrected chi connectivity index (χ0v) is 22.8. The number of halogens is 1. The van der Waals surface area contributed by atoms with E-state index in [0.717, 1.165) is 13.1 Å². The first-order valence-corrected chi connectivity index (χ1v) is 15.2. The van der Waals surface area contributed by atoms with Crippen LogP contribution in [0.15, 0.2) is 30.5 Å². The van der Waals surface area contributed by atoms with E-state index in [0.29, 0.717) is 33.6 Å². The average Bonchev–Trinajstić information content (AvgIpc) is 3.42. The first-order chi connectivity index (χ1) is 18.6. The van der Waals surface area contributed by atoms with E-state index < -0.39 is 31.7 Å². The van der Waals surface area contributed by atoms with Crippen molar-refractivity contribution in [3.63, 3.8) is 0 Å². The van der Waals surface area contributed by atoms with Crippen LogP contribution < -0.4 is 9.64 Å². The lowest BCUT2D eigenvalue weighted by molar-refractivity contribution is -0.117. The van der Waals surface area contributed by atoms with Crippen LogP contribution in [0.25, 0.3) is 11.0 Å². The van der Waals surface area contributed by atoms with Gasteiger partial charge in [-0.15, -0.1) is 0 Å². The second-order valence-electron chi connectivity index (χ2n) is 11.0. The van der Waals surface area contributed by atoms with Gasteiger partial charge in [-0.1, -0.05) is 31.4 Å². The van der Waals surface area contributed by atoms with Crippen LogP contribution in [0.1, 0.15) is 37.7 Å². The third-order valence-corrected chi connectivity index (χ3v) is 9.00. The van der Waals surface area contributed by atoms with E-state index in [4.69, 9.17) is 21.1 Å². The number of aliphatic hydroxyl groups is 2. The van der Waals surface area contributed by atoms with Crippen molar-refractivity contribution in [2.45, 2.75) is 56.2 Å². The molecule has 2 aromatic heterocycles. The highest BCUT2D eigenvalue weighted by Gasteiger charge is 2.52. The molecule has 0 amide bonds. The third-order valence-electron chi connectivity index (χ3n) is 8.05. The highest BCUT2D eigenvalue weighted by Crippen LogP contribution is 2.46. The van der Waals surface area contributed by atoms with Gasteiger partial charge in [0.05, 0.1) is 24.4 Å². The van der Waals surface area contributed by atoms with Crippen molar-refractivity contribution in [3.8, 4) is 5.75 Å². The maximum atomic E-state index is 11.5. The predicted molar refractivity (Wildman–Crippen MR) is 142 cm³/mol. The lowest BCUT2D eigenvalue weighted by atomic mass is 9.68. The largest absolute Gasteiger partial charge is 0.491 e. The number of hydrogen-bond donors (Lipinski definition) is 4. The van der Waals surface area contributed by atoms with E-state index in [-0.39, 0.29) is 18.5 Å². The number of nitrogens with zero attached hydrogens (tertiary/aromatic N) is 5. The van der Waals surface area contributed by atoms with Gasteiger partial charge in [0, 0.05) is 18.5 Å². The smallest absolute Gasteiger partial charge is 0.329 e. The molecule has 4 heterocycles. The number of anilines is 1. The highest BCUT2D eigenvalue weighted by molar-refractivity contribution is 7.50. The maximum absolute atomic E-state index is 11.5. The molecule has 1 aliphatic carbocycles. The Morgan fingerprint density at radius 1 is 1.18 bits per heavy atom. The van der Waals surface area contributed by atoms with Crippen LogP contribution >= 0.6 is 19.2 Å². The molecule has 0 bridgehead atoms. The van der Waals surface area contributed by atoms with Crippen molar-refractivity contribution in [2.75, 3.05) is 31.2 Å². The number of rotatable bonds is 7. The number of hydrogen-bond acceptors (Lipinski definition) is 9. The molecule has 12 nitrogen and oxygen atoms in total. The lowest BCUT2D eigenvalue weighted by Crippen LogP contribution is -2.57. The Morgan fingerprint density at radius 3 is 2.69 bits per heavy atom. The third kappa shape index (κ3) is 5.15. The van der Waals surface area contributed by atoms with Crippen molar-refractivity contribution in [1.82, 2.24) is 19.7 Å². The van der Waals surface area contributed by atoms with Gasteiger partial charge in [-0.25, -0.2) is 4.68 Å². The average molecular weight is 580 g/mol. The molecule has 39 heavy (non-hydrogen) atoms. The van der Waals surface area contributed by atoms with Gasteiger partial charge in [0.1, 0.15) is 30.4 Å². The minimum atomic E-state index is -4.23. The molecule has 0 radical (unpaired) electrons. The lowest BCUT2D eigenvalue weighted by Gasteiger charge is -2.53. The van der Waals surface area contributed by atoms with Gasteiger partial charge < -0.3 is 34.4 Å². The van der Waals surface area contributed by atoms with E-state index in [1.165, 1.54) is 42.9 Å². The standard InChI is InChI=1S/C25H31ClN5O7P/c26-23-28-21(30-13-24(14-30)7-2-1-3-8-24)18-10-27-31(22(18)29-23)25(33)15-38-19(20(25)32)11-37-17-6-4-5-16(9-17)12-39(34,35)36/h4-6,9-10,19-20,32-33H,1-3,7-8,11-15H2,(H2,34,35,36)/t19-,20-,25+/m1/s1. The Labute approximate surface area is 229 Å². The Balaban J connectivity index is 1.19. The fourth-order valence-electron chi connectivity index (χ4n) is 6.10. The van der Waals surface area contributed by atoms with Crippen LogP contribution in [-0.2, 0) is 21.2 Å². The van der Waals surface area contributed by atoms with Crippen molar-refractivity contribution >= 4 is 36.0 Å². The summed E-state index contributed by atoms with van der Waals surface area (Å²) in [5, 5.41) is 27.6. The summed E-state index contributed by atoms with van der Waals surface area (Å²) in [5.41, 5.74) is -0.885. The molecule has 1 aromatic carbocycles. The van der Waals surface area contributed by atoms with Crippen molar-refractivity contribution in [1.29, 1.82) is 0 Å². The van der Waals surface area contributed by atoms with Gasteiger partial charge in [-0.05, 0) is 42.1 Å². The first-order valence-electron chi connectivity index (χ1n) is 13.0.